The zero-order valence-corrected chi connectivity index (χ0v) is 19.3. The molecule has 170 valence electrons. The molecule has 1 aromatic rings. The summed E-state index contributed by atoms with van der Waals surface area (Å²) in [7, 11) is 3.24. The lowest BCUT2D eigenvalue weighted by molar-refractivity contribution is -0.0822. The van der Waals surface area contributed by atoms with Gasteiger partial charge in [-0.1, -0.05) is 63.0 Å². The van der Waals surface area contributed by atoms with E-state index in [1.165, 1.54) is 6.42 Å². The smallest absolute Gasteiger partial charge is 0.410 e. The molecule has 0 saturated carbocycles. The number of amides is 1. The molecule has 0 aliphatic carbocycles. The average Bonchev–Trinajstić information content (AvgIpc) is 2.76. The lowest BCUT2D eigenvalue weighted by Crippen LogP contribution is -2.47. The monoisotopic (exact) mass is 421 g/mol. The van der Waals surface area contributed by atoms with Gasteiger partial charge in [0, 0.05) is 12.7 Å². The third kappa shape index (κ3) is 8.76. The van der Waals surface area contributed by atoms with E-state index < -0.39 is 0 Å². The van der Waals surface area contributed by atoms with Crippen molar-refractivity contribution in [2.24, 2.45) is 0 Å². The van der Waals surface area contributed by atoms with Gasteiger partial charge in [-0.2, -0.15) is 0 Å². The van der Waals surface area contributed by atoms with Crippen LogP contribution in [0.2, 0.25) is 0 Å². The van der Waals surface area contributed by atoms with Crippen molar-refractivity contribution in [2.75, 3.05) is 27.6 Å². The number of methoxy groups -OCH3 is 2. The second kappa shape index (κ2) is 15.7. The Labute approximate surface area is 182 Å². The molecule has 6 nitrogen and oxygen atoms in total. The minimum atomic E-state index is -0.348. The van der Waals surface area contributed by atoms with Gasteiger partial charge in [0.15, 0.2) is 0 Å². The number of benzene rings is 1. The van der Waals surface area contributed by atoms with Gasteiger partial charge in [0.05, 0.1) is 32.4 Å². The van der Waals surface area contributed by atoms with Gasteiger partial charge >= 0.3 is 6.09 Å². The van der Waals surface area contributed by atoms with Gasteiger partial charge < -0.3 is 18.9 Å². The molecule has 0 N–H and O–H groups in total. The summed E-state index contributed by atoms with van der Waals surface area (Å²) in [5, 5.41) is 0. The molecule has 0 aliphatic rings. The molecule has 1 aromatic carbocycles. The Kier molecular flexibility index (Phi) is 13.6. The number of nitrogens with zero attached hydrogens (tertiary/aromatic N) is 1. The second-order valence-electron chi connectivity index (χ2n) is 7.12. The quantitative estimate of drug-likeness (QED) is 0.211. The van der Waals surface area contributed by atoms with Gasteiger partial charge in [0.1, 0.15) is 12.5 Å². The molecule has 1 amide bonds. The molecule has 0 unspecified atom stereocenters. The Bertz CT molecular complexity index is 619. The minimum absolute atomic E-state index is 0.159. The standard InChI is InChI=1S/C24H39NO5/c1-6-9-10-11-16-21(23(14-7-2)30-19-27-4)25(24(26)29-8-3)18-20-15-12-13-17-22(20)28-5/h7,12-15,17,21,23H,6,8-11,16,18-19H2,1-5H3/b14-7+/t21-,23-/m1/s1. The highest BCUT2D eigenvalue weighted by Gasteiger charge is 2.31. The largest absolute Gasteiger partial charge is 0.496 e. The number of unbranched alkanes of at least 4 members (excludes halogenated alkanes) is 3. The molecule has 0 fully saturated rings. The number of hydrogen-bond donors (Lipinski definition) is 0. The maximum atomic E-state index is 13.0. The topological polar surface area (TPSA) is 57.2 Å². The Morgan fingerprint density at radius 2 is 1.90 bits per heavy atom. The summed E-state index contributed by atoms with van der Waals surface area (Å²) in [4.78, 5) is 14.8. The molecule has 0 heterocycles. The van der Waals surface area contributed by atoms with Crippen LogP contribution < -0.4 is 4.74 Å². The number of ether oxygens (including phenoxy) is 4. The number of carbonyl (C=O) groups is 1. The predicted octanol–water partition coefficient (Wildman–Crippen LogP) is 5.56. The van der Waals surface area contributed by atoms with Gasteiger partial charge in [-0.3, -0.25) is 4.90 Å². The van der Waals surface area contributed by atoms with Crippen LogP contribution in [0.5, 0.6) is 5.75 Å². The van der Waals surface area contributed by atoms with Crippen LogP contribution in [0.1, 0.15) is 58.4 Å². The fourth-order valence-electron chi connectivity index (χ4n) is 3.45. The first-order valence-electron chi connectivity index (χ1n) is 10.9. The van der Waals surface area contributed by atoms with E-state index in [1.807, 2.05) is 50.3 Å². The lowest BCUT2D eigenvalue weighted by atomic mass is 9.99. The van der Waals surface area contributed by atoms with Crippen LogP contribution in [0, 0.1) is 0 Å². The highest BCUT2D eigenvalue weighted by atomic mass is 16.7. The number of carbonyl (C=O) groups excluding carboxylic acids is 1. The fraction of sp³-hybridized carbons (Fsp3) is 0.625. The van der Waals surface area contributed by atoms with E-state index in [1.54, 1.807) is 19.1 Å². The molecule has 6 heteroatoms. The Morgan fingerprint density at radius 3 is 2.53 bits per heavy atom. The van der Waals surface area contributed by atoms with E-state index in [4.69, 9.17) is 18.9 Å². The van der Waals surface area contributed by atoms with Crippen LogP contribution >= 0.6 is 0 Å². The van der Waals surface area contributed by atoms with Crippen molar-refractivity contribution in [3.63, 3.8) is 0 Å². The number of hydrogen-bond acceptors (Lipinski definition) is 5. The maximum absolute atomic E-state index is 13.0. The SMILES string of the molecule is C/C=C/[C@@H](OCOC)[C@@H](CCCCCC)N(Cc1ccccc1OC)C(=O)OCC. The van der Waals surface area contributed by atoms with E-state index in [-0.39, 0.29) is 25.0 Å². The van der Waals surface area contributed by atoms with E-state index in [9.17, 15) is 4.79 Å². The molecule has 30 heavy (non-hydrogen) atoms. The highest BCUT2D eigenvalue weighted by Crippen LogP contribution is 2.25. The van der Waals surface area contributed by atoms with Crippen molar-refractivity contribution in [2.45, 2.75) is 71.6 Å². The van der Waals surface area contributed by atoms with Gasteiger partial charge in [0.25, 0.3) is 0 Å². The van der Waals surface area contributed by atoms with Crippen LogP contribution in [-0.2, 0) is 20.8 Å². The molecule has 1 rings (SSSR count). The molecule has 0 bridgehead atoms. The molecule has 0 aromatic heterocycles. The summed E-state index contributed by atoms with van der Waals surface area (Å²) in [6.07, 6.45) is 8.56. The molecule has 0 radical (unpaired) electrons. The zero-order valence-electron chi connectivity index (χ0n) is 19.3. The van der Waals surface area contributed by atoms with Gasteiger partial charge in [-0.05, 0) is 26.3 Å². The van der Waals surface area contributed by atoms with Gasteiger partial charge in [-0.15, -0.1) is 0 Å². The van der Waals surface area contributed by atoms with E-state index >= 15 is 0 Å². The van der Waals surface area contributed by atoms with Gasteiger partial charge in [0.2, 0.25) is 0 Å². The van der Waals surface area contributed by atoms with Crippen molar-refractivity contribution >= 4 is 6.09 Å². The van der Waals surface area contributed by atoms with Crippen LogP contribution in [-0.4, -0.2) is 50.8 Å². The predicted molar refractivity (Wildman–Crippen MR) is 120 cm³/mol. The summed E-state index contributed by atoms with van der Waals surface area (Å²) in [6, 6.07) is 7.56. The summed E-state index contributed by atoms with van der Waals surface area (Å²) in [5.74, 6) is 0.747. The summed E-state index contributed by atoms with van der Waals surface area (Å²) in [5.41, 5.74) is 0.928. The fourth-order valence-corrected chi connectivity index (χ4v) is 3.45. The maximum Gasteiger partial charge on any atom is 0.410 e. The average molecular weight is 422 g/mol. The number of para-hydroxylation sites is 1. The van der Waals surface area contributed by atoms with Crippen molar-refractivity contribution in [3.05, 3.63) is 42.0 Å². The van der Waals surface area contributed by atoms with Crippen LogP contribution in [0.25, 0.3) is 0 Å². The Hall–Kier alpha value is -2.05. The number of rotatable bonds is 15. The van der Waals surface area contributed by atoms with Crippen LogP contribution in [0.4, 0.5) is 4.79 Å². The molecular weight excluding hydrogens is 382 g/mol. The van der Waals surface area contributed by atoms with E-state index in [2.05, 4.69) is 6.92 Å². The summed E-state index contributed by atoms with van der Waals surface area (Å²) in [6.45, 7) is 6.81. The first-order valence-corrected chi connectivity index (χ1v) is 10.9. The molecule has 0 saturated heterocycles. The highest BCUT2D eigenvalue weighted by molar-refractivity contribution is 5.68. The van der Waals surface area contributed by atoms with Crippen molar-refractivity contribution < 1.29 is 23.7 Å². The molecule has 2 atom stereocenters. The third-order valence-corrected chi connectivity index (χ3v) is 4.93. The van der Waals surface area contributed by atoms with Crippen molar-refractivity contribution in [3.8, 4) is 5.75 Å². The summed E-state index contributed by atoms with van der Waals surface area (Å²) < 4.78 is 22.0. The van der Waals surface area contributed by atoms with Crippen LogP contribution in [0.3, 0.4) is 0 Å². The van der Waals surface area contributed by atoms with Crippen molar-refractivity contribution in [1.29, 1.82) is 0 Å². The molecular formula is C24H39NO5. The minimum Gasteiger partial charge on any atom is -0.496 e. The Balaban J connectivity index is 3.24. The first-order chi connectivity index (χ1) is 14.6. The van der Waals surface area contributed by atoms with E-state index in [0.29, 0.717) is 13.2 Å². The lowest BCUT2D eigenvalue weighted by Gasteiger charge is -2.35. The zero-order chi connectivity index (χ0) is 22.2. The van der Waals surface area contributed by atoms with Crippen LogP contribution in [0.15, 0.2) is 36.4 Å². The van der Waals surface area contributed by atoms with E-state index in [0.717, 1.165) is 37.0 Å². The first kappa shape index (κ1) is 26.0. The molecule has 0 spiro atoms. The molecule has 0 aliphatic heterocycles. The summed E-state index contributed by atoms with van der Waals surface area (Å²) >= 11 is 0. The normalized spacial score (nSPS) is 13.2. The van der Waals surface area contributed by atoms with Gasteiger partial charge in [-0.25, -0.2) is 4.79 Å². The third-order valence-electron chi connectivity index (χ3n) is 4.93. The Morgan fingerprint density at radius 1 is 1.13 bits per heavy atom. The van der Waals surface area contributed by atoms with Crippen molar-refractivity contribution in [1.82, 2.24) is 4.90 Å². The number of allylic oxidation sites excluding steroid dienone is 1. The second-order valence-corrected chi connectivity index (χ2v) is 7.12.